The van der Waals surface area contributed by atoms with E-state index in [4.69, 9.17) is 0 Å². The molecule has 0 aliphatic heterocycles. The van der Waals surface area contributed by atoms with E-state index in [0.29, 0.717) is 21.1 Å². The molecule has 0 saturated heterocycles. The Morgan fingerprint density at radius 2 is 1.97 bits per heavy atom. The number of pyridine rings is 1. The molecule has 30 heavy (non-hydrogen) atoms. The number of thiophene rings is 1. The number of aldehydes is 1. The third-order valence-corrected chi connectivity index (χ3v) is 6.12. The number of nitrogens with one attached hydrogen (secondary N) is 2. The van der Waals surface area contributed by atoms with Gasteiger partial charge in [-0.1, -0.05) is 59.3 Å². The van der Waals surface area contributed by atoms with Gasteiger partial charge in [-0.3, -0.25) is 14.6 Å². The first-order valence-corrected chi connectivity index (χ1v) is 11.9. The minimum Gasteiger partial charge on any atom is -0.345 e. The van der Waals surface area contributed by atoms with Gasteiger partial charge in [-0.05, 0) is 18.9 Å². The van der Waals surface area contributed by atoms with E-state index >= 15 is 0 Å². The van der Waals surface area contributed by atoms with Crippen LogP contribution in [0.5, 0.6) is 0 Å². The smallest absolute Gasteiger partial charge is 0.227 e. The molecule has 164 valence electrons. The molecular formula is C23H34N4O2S. The summed E-state index contributed by atoms with van der Waals surface area (Å²) in [7, 11) is 0. The lowest BCUT2D eigenvalue weighted by atomic mass is 10.1. The summed E-state index contributed by atoms with van der Waals surface area (Å²) in [5, 5.41) is 6.93. The van der Waals surface area contributed by atoms with E-state index in [2.05, 4.69) is 34.5 Å². The summed E-state index contributed by atoms with van der Waals surface area (Å²) in [5.41, 5.74) is 1.33. The molecule has 1 unspecified atom stereocenters. The van der Waals surface area contributed by atoms with Gasteiger partial charge in [0, 0.05) is 18.7 Å². The number of amides is 1. The fourth-order valence-electron chi connectivity index (χ4n) is 3.35. The predicted molar refractivity (Wildman–Crippen MR) is 128 cm³/mol. The number of aromatic nitrogens is 1. The summed E-state index contributed by atoms with van der Waals surface area (Å²) >= 11 is 1.31. The quantitative estimate of drug-likeness (QED) is 0.160. The van der Waals surface area contributed by atoms with Gasteiger partial charge in [0.15, 0.2) is 6.29 Å². The summed E-state index contributed by atoms with van der Waals surface area (Å²) in [4.78, 5) is 34.2. The highest BCUT2D eigenvalue weighted by atomic mass is 32.1. The van der Waals surface area contributed by atoms with Gasteiger partial charge in [-0.2, -0.15) is 0 Å². The predicted octanol–water partition coefficient (Wildman–Crippen LogP) is 6.28. The average Bonchev–Trinajstić information content (AvgIpc) is 3.11. The maximum Gasteiger partial charge on any atom is 0.227 e. The Morgan fingerprint density at radius 3 is 2.70 bits per heavy atom. The molecule has 7 heteroatoms. The van der Waals surface area contributed by atoms with E-state index < -0.39 is 0 Å². The number of aliphatic imine (C=N–C) groups is 1. The van der Waals surface area contributed by atoms with Gasteiger partial charge in [0.1, 0.15) is 4.83 Å². The van der Waals surface area contributed by atoms with Crippen LogP contribution in [0.2, 0.25) is 0 Å². The molecule has 2 aromatic heterocycles. The van der Waals surface area contributed by atoms with Gasteiger partial charge in [0.2, 0.25) is 5.91 Å². The lowest BCUT2D eigenvalue weighted by molar-refractivity contribution is -0.119. The third-order valence-electron chi connectivity index (χ3n) is 5.09. The molecule has 0 fully saturated rings. The fraction of sp³-hybridized carbons (Fsp3) is 0.565. The van der Waals surface area contributed by atoms with Crippen LogP contribution in [0, 0.1) is 5.92 Å². The van der Waals surface area contributed by atoms with Crippen molar-refractivity contribution in [1.29, 1.82) is 0 Å². The standard InChI is InChI=1S/C23H34N4O2S/c1-4-6-7-8-9-10-13-24-16-26-21-19(15-28)30-23-20(21)18(12-14-25-23)27-22(29)17(3)11-5-2/h12,14-17H,4-11,13H2,1-3H3,(H,24,26)(H,25,27,29). The summed E-state index contributed by atoms with van der Waals surface area (Å²) in [5.74, 6) is -0.0939. The van der Waals surface area contributed by atoms with Gasteiger partial charge in [-0.25, -0.2) is 4.98 Å². The SMILES string of the molecule is CCCCCCCCN=CNc1c(C=O)sc2nccc(NC(=O)C(C)CCC)c12. The Labute approximate surface area is 183 Å². The van der Waals surface area contributed by atoms with Crippen molar-refractivity contribution in [3.8, 4) is 0 Å². The van der Waals surface area contributed by atoms with Crippen molar-refractivity contribution in [2.75, 3.05) is 17.2 Å². The lowest BCUT2D eigenvalue weighted by Crippen LogP contribution is -2.20. The summed E-state index contributed by atoms with van der Waals surface area (Å²) < 4.78 is 0. The van der Waals surface area contributed by atoms with Crippen molar-refractivity contribution in [1.82, 2.24) is 4.98 Å². The Kier molecular flexibility index (Phi) is 10.5. The van der Waals surface area contributed by atoms with E-state index in [1.54, 1.807) is 18.6 Å². The van der Waals surface area contributed by atoms with Crippen LogP contribution in [0.3, 0.4) is 0 Å². The summed E-state index contributed by atoms with van der Waals surface area (Å²) in [6.07, 6.45) is 13.3. The zero-order valence-corrected chi connectivity index (χ0v) is 19.2. The van der Waals surface area contributed by atoms with E-state index in [1.165, 1.54) is 43.4 Å². The molecule has 2 rings (SSSR count). The molecule has 1 atom stereocenters. The Bertz CT molecular complexity index is 847. The second kappa shape index (κ2) is 13.1. The second-order valence-corrected chi connectivity index (χ2v) is 8.65. The number of anilines is 2. The van der Waals surface area contributed by atoms with Crippen LogP contribution in [-0.4, -0.2) is 30.1 Å². The molecule has 2 aromatic rings. The first-order chi connectivity index (χ1) is 14.6. The molecule has 1 amide bonds. The number of nitrogens with zero attached hydrogens (tertiary/aromatic N) is 2. The van der Waals surface area contributed by atoms with Crippen molar-refractivity contribution < 1.29 is 9.59 Å². The molecule has 0 spiro atoms. The lowest BCUT2D eigenvalue weighted by Gasteiger charge is -2.12. The molecule has 2 N–H and O–H groups in total. The molecule has 0 saturated carbocycles. The molecule has 0 aliphatic rings. The summed E-state index contributed by atoms with van der Waals surface area (Å²) in [6.45, 7) is 6.97. The highest BCUT2D eigenvalue weighted by Gasteiger charge is 2.18. The maximum absolute atomic E-state index is 12.5. The number of carbonyl (C=O) groups excluding carboxylic acids is 2. The van der Waals surface area contributed by atoms with Crippen molar-refractivity contribution in [3.05, 3.63) is 17.1 Å². The molecule has 0 radical (unpaired) electrons. The first kappa shape index (κ1) is 24.0. The van der Waals surface area contributed by atoms with Crippen LogP contribution in [0.1, 0.15) is 81.8 Å². The normalized spacial score (nSPS) is 12.4. The van der Waals surface area contributed by atoms with Crippen LogP contribution < -0.4 is 10.6 Å². The number of hydrogen-bond acceptors (Lipinski definition) is 5. The average molecular weight is 431 g/mol. The molecule has 2 heterocycles. The van der Waals surface area contributed by atoms with Gasteiger partial charge in [-0.15, -0.1) is 11.3 Å². The van der Waals surface area contributed by atoms with Crippen LogP contribution in [0.25, 0.3) is 10.2 Å². The molecule has 0 aliphatic carbocycles. The zero-order valence-electron chi connectivity index (χ0n) is 18.4. The maximum atomic E-state index is 12.5. The van der Waals surface area contributed by atoms with Crippen molar-refractivity contribution >= 4 is 51.5 Å². The number of unbranched alkanes of at least 4 members (excludes halogenated alkanes) is 5. The van der Waals surface area contributed by atoms with Gasteiger partial charge in [0.25, 0.3) is 0 Å². The minimum atomic E-state index is -0.0716. The monoisotopic (exact) mass is 430 g/mol. The fourth-order valence-corrected chi connectivity index (χ4v) is 4.30. The summed E-state index contributed by atoms with van der Waals surface area (Å²) in [6, 6.07) is 1.78. The second-order valence-electron chi connectivity index (χ2n) is 7.62. The van der Waals surface area contributed by atoms with Gasteiger partial charge >= 0.3 is 0 Å². The first-order valence-electron chi connectivity index (χ1n) is 11.0. The Morgan fingerprint density at radius 1 is 1.20 bits per heavy atom. The van der Waals surface area contributed by atoms with Crippen LogP contribution in [0.4, 0.5) is 11.4 Å². The molecule has 0 bridgehead atoms. The van der Waals surface area contributed by atoms with E-state index in [0.717, 1.165) is 37.5 Å². The topological polar surface area (TPSA) is 83.4 Å². The number of carbonyl (C=O) groups is 2. The number of hydrogen-bond donors (Lipinski definition) is 2. The van der Waals surface area contributed by atoms with Crippen LogP contribution >= 0.6 is 11.3 Å². The number of rotatable bonds is 14. The Balaban J connectivity index is 2.08. The van der Waals surface area contributed by atoms with E-state index in [9.17, 15) is 9.59 Å². The van der Waals surface area contributed by atoms with Gasteiger partial charge in [0.05, 0.1) is 28.0 Å². The van der Waals surface area contributed by atoms with E-state index in [1.807, 2.05) is 6.92 Å². The van der Waals surface area contributed by atoms with Crippen molar-refractivity contribution in [2.45, 2.75) is 72.1 Å². The van der Waals surface area contributed by atoms with E-state index in [-0.39, 0.29) is 11.8 Å². The third kappa shape index (κ3) is 6.90. The highest BCUT2D eigenvalue weighted by Crippen LogP contribution is 2.38. The number of fused-ring (bicyclic) bond motifs is 1. The molecule has 6 nitrogen and oxygen atoms in total. The molecular weight excluding hydrogens is 396 g/mol. The van der Waals surface area contributed by atoms with Crippen molar-refractivity contribution in [2.24, 2.45) is 10.9 Å². The molecule has 0 aromatic carbocycles. The Hall–Kier alpha value is -2.28. The minimum absolute atomic E-state index is 0.0223. The zero-order chi connectivity index (χ0) is 21.8. The van der Waals surface area contributed by atoms with Crippen molar-refractivity contribution in [3.63, 3.8) is 0 Å². The highest BCUT2D eigenvalue weighted by molar-refractivity contribution is 7.21. The van der Waals surface area contributed by atoms with Crippen LogP contribution in [-0.2, 0) is 4.79 Å². The van der Waals surface area contributed by atoms with Gasteiger partial charge < -0.3 is 10.6 Å². The largest absolute Gasteiger partial charge is 0.345 e. The van der Waals surface area contributed by atoms with Crippen LogP contribution in [0.15, 0.2) is 17.3 Å².